The summed E-state index contributed by atoms with van der Waals surface area (Å²) in [6, 6.07) is 0. The predicted molar refractivity (Wildman–Crippen MR) is 86.5 cm³/mol. The number of hydrogen-bond donors (Lipinski definition) is 0. The van der Waals surface area contributed by atoms with Gasteiger partial charge in [-0.1, -0.05) is 0 Å². The summed E-state index contributed by atoms with van der Waals surface area (Å²) in [7, 11) is 0. The van der Waals surface area contributed by atoms with Gasteiger partial charge in [0, 0.05) is 43.9 Å². The Hall–Kier alpha value is -2.35. The van der Waals surface area contributed by atoms with Crippen LogP contribution in [-0.4, -0.2) is 52.8 Å². The molecule has 2 aliphatic heterocycles. The Morgan fingerprint density at radius 2 is 1.75 bits per heavy atom. The first-order chi connectivity index (χ1) is 11.7. The number of aromatic nitrogens is 4. The second kappa shape index (κ2) is 6.27. The largest absolute Gasteiger partial charge is 0.378 e. The van der Waals surface area contributed by atoms with Crippen molar-refractivity contribution in [2.75, 3.05) is 42.6 Å². The summed E-state index contributed by atoms with van der Waals surface area (Å²) in [5, 5.41) is 0. The maximum atomic E-state index is 13.0. The zero-order valence-electron chi connectivity index (χ0n) is 13.6. The van der Waals surface area contributed by atoms with Gasteiger partial charge in [-0.15, -0.1) is 0 Å². The molecule has 0 aromatic carbocycles. The van der Waals surface area contributed by atoms with Gasteiger partial charge in [0.2, 0.25) is 11.9 Å². The van der Waals surface area contributed by atoms with Crippen molar-refractivity contribution >= 4 is 11.9 Å². The minimum atomic E-state index is -0.425. The van der Waals surface area contributed by atoms with Crippen LogP contribution >= 0.6 is 0 Å². The van der Waals surface area contributed by atoms with Gasteiger partial charge in [-0.25, -0.2) is 24.3 Å². The number of ether oxygens (including phenoxy) is 1. The topological polar surface area (TPSA) is 67.3 Å². The van der Waals surface area contributed by atoms with Crippen molar-refractivity contribution in [2.24, 2.45) is 0 Å². The molecule has 0 bridgehead atoms. The SMILES string of the molecule is Cc1nc(N2CCOCC2)nc2c1CN(c1ncc(F)cn1)CC2. The monoisotopic (exact) mass is 330 g/mol. The fraction of sp³-hybridized carbons (Fsp3) is 0.500. The van der Waals surface area contributed by atoms with E-state index in [4.69, 9.17) is 9.72 Å². The van der Waals surface area contributed by atoms with Crippen LogP contribution in [0.3, 0.4) is 0 Å². The van der Waals surface area contributed by atoms with Crippen LogP contribution < -0.4 is 9.80 Å². The van der Waals surface area contributed by atoms with E-state index in [-0.39, 0.29) is 0 Å². The summed E-state index contributed by atoms with van der Waals surface area (Å²) < 4.78 is 18.4. The Morgan fingerprint density at radius 3 is 2.50 bits per heavy atom. The molecule has 126 valence electrons. The maximum absolute atomic E-state index is 13.0. The molecule has 0 unspecified atom stereocenters. The Labute approximate surface area is 139 Å². The number of nitrogens with zero attached hydrogens (tertiary/aromatic N) is 6. The van der Waals surface area contributed by atoms with Crippen molar-refractivity contribution in [2.45, 2.75) is 19.9 Å². The number of halogens is 1. The van der Waals surface area contributed by atoms with Gasteiger partial charge < -0.3 is 14.5 Å². The Kier molecular flexibility index (Phi) is 3.97. The van der Waals surface area contributed by atoms with Crippen LogP contribution in [0.4, 0.5) is 16.3 Å². The molecular formula is C16H19FN6O. The van der Waals surface area contributed by atoms with Crippen LogP contribution in [0.1, 0.15) is 17.0 Å². The Balaban J connectivity index is 1.58. The number of hydrogen-bond acceptors (Lipinski definition) is 7. The molecule has 4 rings (SSSR count). The van der Waals surface area contributed by atoms with E-state index in [1.165, 1.54) is 12.4 Å². The second-order valence-corrected chi connectivity index (χ2v) is 6.01. The number of anilines is 2. The highest BCUT2D eigenvalue weighted by Gasteiger charge is 2.24. The second-order valence-electron chi connectivity index (χ2n) is 6.01. The van der Waals surface area contributed by atoms with Crippen molar-refractivity contribution in [3.05, 3.63) is 35.2 Å². The maximum Gasteiger partial charge on any atom is 0.225 e. The molecule has 0 saturated carbocycles. The smallest absolute Gasteiger partial charge is 0.225 e. The van der Waals surface area contributed by atoms with Crippen LogP contribution in [0.25, 0.3) is 0 Å². The standard InChI is InChI=1S/C16H19FN6O/c1-11-13-10-23(15-18-8-12(17)9-19-15)3-2-14(13)21-16(20-11)22-4-6-24-7-5-22/h8-9H,2-7,10H2,1H3. The average Bonchev–Trinajstić information content (AvgIpc) is 2.63. The third-order valence-electron chi connectivity index (χ3n) is 4.44. The van der Waals surface area contributed by atoms with E-state index in [2.05, 4.69) is 19.9 Å². The molecule has 1 fully saturated rings. The van der Waals surface area contributed by atoms with Crippen molar-refractivity contribution in [1.29, 1.82) is 0 Å². The number of rotatable bonds is 2. The van der Waals surface area contributed by atoms with Crippen molar-refractivity contribution in [3.8, 4) is 0 Å². The summed E-state index contributed by atoms with van der Waals surface area (Å²) in [6.07, 6.45) is 3.20. The van der Waals surface area contributed by atoms with Crippen LogP contribution in [0, 0.1) is 12.7 Å². The van der Waals surface area contributed by atoms with Crippen LogP contribution in [0.15, 0.2) is 12.4 Å². The van der Waals surface area contributed by atoms with Gasteiger partial charge in [-0.3, -0.25) is 0 Å². The van der Waals surface area contributed by atoms with E-state index in [0.717, 1.165) is 62.2 Å². The molecule has 0 aliphatic carbocycles. The van der Waals surface area contributed by atoms with Gasteiger partial charge in [-0.2, -0.15) is 0 Å². The first-order valence-electron chi connectivity index (χ1n) is 8.12. The minimum absolute atomic E-state index is 0.425. The molecule has 2 aliphatic rings. The highest BCUT2D eigenvalue weighted by molar-refractivity contribution is 5.43. The molecule has 0 atom stereocenters. The van der Waals surface area contributed by atoms with Crippen LogP contribution in [-0.2, 0) is 17.7 Å². The molecular weight excluding hydrogens is 311 g/mol. The minimum Gasteiger partial charge on any atom is -0.378 e. The van der Waals surface area contributed by atoms with E-state index < -0.39 is 5.82 Å². The zero-order valence-corrected chi connectivity index (χ0v) is 13.6. The Morgan fingerprint density at radius 1 is 1.00 bits per heavy atom. The van der Waals surface area contributed by atoms with Gasteiger partial charge in [0.15, 0.2) is 5.82 Å². The molecule has 2 aromatic rings. The number of morpholine rings is 1. The van der Waals surface area contributed by atoms with E-state index >= 15 is 0 Å². The molecule has 0 radical (unpaired) electrons. The van der Waals surface area contributed by atoms with Gasteiger partial charge in [0.25, 0.3) is 0 Å². The van der Waals surface area contributed by atoms with Crippen molar-refractivity contribution in [3.63, 3.8) is 0 Å². The van der Waals surface area contributed by atoms with E-state index in [1.807, 2.05) is 11.8 Å². The normalized spacial score (nSPS) is 17.8. The number of fused-ring (bicyclic) bond motifs is 1. The lowest BCUT2D eigenvalue weighted by atomic mass is 10.0. The lowest BCUT2D eigenvalue weighted by Crippen LogP contribution is -2.39. The Bertz CT molecular complexity index is 732. The molecule has 0 spiro atoms. The third kappa shape index (κ3) is 2.89. The van der Waals surface area contributed by atoms with Gasteiger partial charge in [0.1, 0.15) is 0 Å². The fourth-order valence-corrected chi connectivity index (χ4v) is 3.11. The lowest BCUT2D eigenvalue weighted by Gasteiger charge is -2.31. The third-order valence-corrected chi connectivity index (χ3v) is 4.44. The first-order valence-corrected chi connectivity index (χ1v) is 8.12. The van der Waals surface area contributed by atoms with Gasteiger partial charge in [0.05, 0.1) is 31.3 Å². The quantitative estimate of drug-likeness (QED) is 0.817. The highest BCUT2D eigenvalue weighted by Crippen LogP contribution is 2.25. The number of aryl methyl sites for hydroxylation is 1. The highest BCUT2D eigenvalue weighted by atomic mass is 19.1. The molecule has 4 heterocycles. The summed E-state index contributed by atoms with van der Waals surface area (Å²) >= 11 is 0. The summed E-state index contributed by atoms with van der Waals surface area (Å²) in [6.45, 7) is 6.51. The molecule has 24 heavy (non-hydrogen) atoms. The summed E-state index contributed by atoms with van der Waals surface area (Å²) in [5.41, 5.74) is 3.18. The molecule has 8 heteroatoms. The molecule has 0 amide bonds. The first kappa shape index (κ1) is 15.2. The zero-order chi connectivity index (χ0) is 16.5. The van der Waals surface area contributed by atoms with E-state index in [0.29, 0.717) is 12.5 Å². The molecule has 2 aromatic heterocycles. The predicted octanol–water partition coefficient (Wildman–Crippen LogP) is 1.11. The fourth-order valence-electron chi connectivity index (χ4n) is 3.11. The van der Waals surface area contributed by atoms with Gasteiger partial charge in [-0.05, 0) is 6.92 Å². The lowest BCUT2D eigenvalue weighted by molar-refractivity contribution is 0.122. The van der Waals surface area contributed by atoms with E-state index in [1.54, 1.807) is 0 Å². The summed E-state index contributed by atoms with van der Waals surface area (Å²) in [4.78, 5) is 21.8. The molecule has 0 N–H and O–H groups in total. The van der Waals surface area contributed by atoms with E-state index in [9.17, 15) is 4.39 Å². The van der Waals surface area contributed by atoms with Crippen LogP contribution in [0.2, 0.25) is 0 Å². The van der Waals surface area contributed by atoms with Gasteiger partial charge >= 0.3 is 0 Å². The average molecular weight is 330 g/mol. The van der Waals surface area contributed by atoms with Crippen molar-refractivity contribution < 1.29 is 9.13 Å². The summed E-state index contributed by atoms with van der Waals surface area (Å²) in [5.74, 6) is 0.908. The van der Waals surface area contributed by atoms with Crippen molar-refractivity contribution in [1.82, 2.24) is 19.9 Å². The molecule has 7 nitrogen and oxygen atoms in total. The van der Waals surface area contributed by atoms with Crippen LogP contribution in [0.5, 0.6) is 0 Å². The molecule has 1 saturated heterocycles.